The van der Waals surface area contributed by atoms with Gasteiger partial charge in [-0.25, -0.2) is 19.9 Å². The zero-order valence-corrected chi connectivity index (χ0v) is 26.8. The van der Waals surface area contributed by atoms with Crippen LogP contribution in [-0.2, 0) is 0 Å². The number of fused-ring (bicyclic) bond motifs is 7. The molecule has 50 heavy (non-hydrogen) atoms. The number of hydrogen-bond acceptors (Lipinski definition) is 4. The maximum absolute atomic E-state index is 5.61. The van der Waals surface area contributed by atoms with Crippen LogP contribution in [0.15, 0.2) is 170 Å². The highest BCUT2D eigenvalue weighted by Crippen LogP contribution is 2.44. The van der Waals surface area contributed by atoms with Crippen molar-refractivity contribution in [3.8, 4) is 45.7 Å². The second kappa shape index (κ2) is 11.4. The number of nitrogens with zero attached hydrogens (tertiary/aromatic N) is 6. The normalized spacial score (nSPS) is 11.6. The molecule has 0 radical (unpaired) electrons. The van der Waals surface area contributed by atoms with Crippen molar-refractivity contribution in [1.82, 2.24) is 29.1 Å². The Morgan fingerprint density at radius 1 is 0.340 bits per heavy atom. The fourth-order valence-electron chi connectivity index (χ4n) is 7.20. The van der Waals surface area contributed by atoms with Gasteiger partial charge in [-0.2, -0.15) is 0 Å². The predicted octanol–water partition coefficient (Wildman–Crippen LogP) is 10.5. The predicted molar refractivity (Wildman–Crippen MR) is 203 cm³/mol. The summed E-state index contributed by atoms with van der Waals surface area (Å²) >= 11 is 0. The van der Waals surface area contributed by atoms with Gasteiger partial charge in [0.2, 0.25) is 0 Å². The van der Waals surface area contributed by atoms with Gasteiger partial charge in [0.25, 0.3) is 0 Å². The van der Waals surface area contributed by atoms with E-state index >= 15 is 0 Å². The Kier molecular flexibility index (Phi) is 6.39. The first-order valence-corrected chi connectivity index (χ1v) is 16.7. The van der Waals surface area contributed by atoms with Crippen LogP contribution in [0.25, 0.3) is 89.4 Å². The van der Waals surface area contributed by atoms with E-state index in [0.717, 1.165) is 66.2 Å². The summed E-state index contributed by atoms with van der Waals surface area (Å²) < 4.78 is 4.63. The standard InChI is InChI=1S/C44H28N6/c1-5-17-29(18-6-1)41-46-42(30-19-7-2-8-20-30)48-43(47-41)39-37-33-25-13-15-27-35(33)49(31-21-9-3-10-22-31)40(37)38-34-26-14-16-28-36(34)50(44(38)45-39)32-23-11-4-12-24-32/h1-28H. The third-order valence-electron chi connectivity index (χ3n) is 9.36. The van der Waals surface area contributed by atoms with E-state index in [2.05, 4.69) is 112 Å². The Morgan fingerprint density at radius 3 is 1.32 bits per heavy atom. The van der Waals surface area contributed by atoms with Crippen LogP contribution in [0.2, 0.25) is 0 Å². The van der Waals surface area contributed by atoms with Crippen molar-refractivity contribution in [3.63, 3.8) is 0 Å². The highest BCUT2D eigenvalue weighted by Gasteiger charge is 2.27. The van der Waals surface area contributed by atoms with Crippen LogP contribution in [0, 0.1) is 0 Å². The van der Waals surface area contributed by atoms with Gasteiger partial charge in [0.05, 0.1) is 21.9 Å². The van der Waals surface area contributed by atoms with Gasteiger partial charge in [-0.05, 0) is 36.4 Å². The topological polar surface area (TPSA) is 61.4 Å². The summed E-state index contributed by atoms with van der Waals surface area (Å²) in [5.74, 6) is 1.71. The lowest BCUT2D eigenvalue weighted by molar-refractivity contribution is 1.06. The molecule has 0 saturated heterocycles. The number of pyridine rings is 1. The summed E-state index contributed by atoms with van der Waals surface area (Å²) in [6.07, 6.45) is 0. The molecule has 234 valence electrons. The molecule has 0 N–H and O–H groups in total. The quantitative estimate of drug-likeness (QED) is 0.188. The van der Waals surface area contributed by atoms with Crippen LogP contribution in [0.5, 0.6) is 0 Å². The van der Waals surface area contributed by atoms with Crippen molar-refractivity contribution < 1.29 is 0 Å². The van der Waals surface area contributed by atoms with Gasteiger partial charge < -0.3 is 4.57 Å². The minimum Gasteiger partial charge on any atom is -0.308 e. The fraction of sp³-hybridized carbons (Fsp3) is 0. The monoisotopic (exact) mass is 640 g/mol. The van der Waals surface area contributed by atoms with E-state index in [4.69, 9.17) is 19.9 Å². The van der Waals surface area contributed by atoms with Crippen molar-refractivity contribution in [2.24, 2.45) is 0 Å². The van der Waals surface area contributed by atoms with E-state index in [9.17, 15) is 0 Å². The maximum Gasteiger partial charge on any atom is 0.183 e. The summed E-state index contributed by atoms with van der Waals surface area (Å²) in [5.41, 5.74) is 8.69. The van der Waals surface area contributed by atoms with Crippen molar-refractivity contribution >= 4 is 43.7 Å². The van der Waals surface area contributed by atoms with Crippen molar-refractivity contribution in [3.05, 3.63) is 170 Å². The van der Waals surface area contributed by atoms with Gasteiger partial charge in [-0.1, -0.05) is 133 Å². The number of rotatable bonds is 5. The molecular formula is C44H28N6. The van der Waals surface area contributed by atoms with Crippen LogP contribution in [0.4, 0.5) is 0 Å². The zero-order valence-electron chi connectivity index (χ0n) is 26.8. The third-order valence-corrected chi connectivity index (χ3v) is 9.36. The molecule has 4 heterocycles. The Balaban J connectivity index is 1.43. The first kappa shape index (κ1) is 28.1. The lowest BCUT2D eigenvalue weighted by atomic mass is 10.1. The fourth-order valence-corrected chi connectivity index (χ4v) is 7.20. The van der Waals surface area contributed by atoms with E-state index < -0.39 is 0 Å². The molecule has 6 heteroatoms. The molecular weight excluding hydrogens is 613 g/mol. The maximum atomic E-state index is 5.61. The zero-order chi connectivity index (χ0) is 33.0. The van der Waals surface area contributed by atoms with Gasteiger partial charge in [-0.15, -0.1) is 0 Å². The van der Waals surface area contributed by atoms with Gasteiger partial charge in [0.15, 0.2) is 17.5 Å². The van der Waals surface area contributed by atoms with E-state index in [1.165, 1.54) is 0 Å². The first-order chi connectivity index (χ1) is 24.8. The molecule has 10 rings (SSSR count). The highest BCUT2D eigenvalue weighted by atomic mass is 15.1. The molecule has 0 unspecified atom stereocenters. The van der Waals surface area contributed by atoms with Crippen molar-refractivity contribution in [2.45, 2.75) is 0 Å². The van der Waals surface area contributed by atoms with E-state index in [0.29, 0.717) is 23.2 Å². The van der Waals surface area contributed by atoms with Crippen LogP contribution in [0.3, 0.4) is 0 Å². The summed E-state index contributed by atoms with van der Waals surface area (Å²) in [5, 5.41) is 4.28. The molecule has 0 atom stereocenters. The van der Waals surface area contributed by atoms with E-state index in [-0.39, 0.29) is 0 Å². The molecule has 0 spiro atoms. The molecule has 0 bridgehead atoms. The Morgan fingerprint density at radius 2 is 0.760 bits per heavy atom. The number of aromatic nitrogens is 6. The van der Waals surface area contributed by atoms with Crippen LogP contribution < -0.4 is 0 Å². The van der Waals surface area contributed by atoms with Gasteiger partial charge in [0, 0.05) is 38.7 Å². The van der Waals surface area contributed by atoms with Gasteiger partial charge in [0.1, 0.15) is 11.3 Å². The average Bonchev–Trinajstić information content (AvgIpc) is 3.72. The molecule has 0 saturated carbocycles. The molecule has 4 aromatic heterocycles. The van der Waals surface area contributed by atoms with Crippen LogP contribution in [-0.4, -0.2) is 29.1 Å². The summed E-state index contributed by atoms with van der Waals surface area (Å²) in [6, 6.07) is 58.3. The smallest absolute Gasteiger partial charge is 0.183 e. The van der Waals surface area contributed by atoms with Crippen molar-refractivity contribution in [2.75, 3.05) is 0 Å². The Bertz CT molecular complexity index is 2780. The SMILES string of the molecule is c1ccc(-c2nc(-c3ccccc3)nc(-c3nc4c(c5ccccc5n4-c4ccccc4)c4c3c3ccccc3n4-c3ccccc3)n2)cc1. The summed E-state index contributed by atoms with van der Waals surface area (Å²) in [4.78, 5) is 21.0. The number of para-hydroxylation sites is 4. The molecule has 0 aliphatic rings. The number of hydrogen-bond donors (Lipinski definition) is 0. The summed E-state index contributed by atoms with van der Waals surface area (Å²) in [7, 11) is 0. The van der Waals surface area contributed by atoms with Gasteiger partial charge in [-0.3, -0.25) is 4.57 Å². The van der Waals surface area contributed by atoms with Gasteiger partial charge >= 0.3 is 0 Å². The Hall–Kier alpha value is -6.92. The molecule has 0 aliphatic carbocycles. The minimum absolute atomic E-state index is 0.519. The number of benzene rings is 6. The summed E-state index contributed by atoms with van der Waals surface area (Å²) in [6.45, 7) is 0. The second-order valence-electron chi connectivity index (χ2n) is 12.3. The largest absolute Gasteiger partial charge is 0.308 e. The lowest BCUT2D eigenvalue weighted by Gasteiger charge is -2.12. The van der Waals surface area contributed by atoms with Crippen LogP contribution in [0.1, 0.15) is 0 Å². The third kappa shape index (κ3) is 4.36. The second-order valence-corrected chi connectivity index (χ2v) is 12.3. The molecule has 6 nitrogen and oxygen atoms in total. The van der Waals surface area contributed by atoms with Crippen LogP contribution >= 0.6 is 0 Å². The minimum atomic E-state index is 0.519. The molecule has 10 aromatic rings. The lowest BCUT2D eigenvalue weighted by Crippen LogP contribution is -2.03. The molecule has 0 fully saturated rings. The highest BCUT2D eigenvalue weighted by molar-refractivity contribution is 6.28. The first-order valence-electron chi connectivity index (χ1n) is 16.7. The van der Waals surface area contributed by atoms with E-state index in [1.807, 2.05) is 66.7 Å². The molecule has 0 amide bonds. The Labute approximate surface area is 287 Å². The average molecular weight is 641 g/mol. The van der Waals surface area contributed by atoms with E-state index in [1.54, 1.807) is 0 Å². The molecule has 0 aliphatic heterocycles. The van der Waals surface area contributed by atoms with Crippen molar-refractivity contribution in [1.29, 1.82) is 0 Å². The molecule has 6 aromatic carbocycles.